The predicted octanol–water partition coefficient (Wildman–Crippen LogP) is 3.23. The molecule has 9 heteroatoms. The fourth-order valence-electron chi connectivity index (χ4n) is 2.73. The summed E-state index contributed by atoms with van der Waals surface area (Å²) in [6.07, 6.45) is 10.7. The molecule has 31 heavy (non-hydrogen) atoms. The lowest BCUT2D eigenvalue weighted by Crippen LogP contribution is -2.35. The molecule has 1 heterocycles. The van der Waals surface area contributed by atoms with E-state index in [4.69, 9.17) is 14.6 Å². The van der Waals surface area contributed by atoms with Gasteiger partial charge in [-0.3, -0.25) is 29.3 Å². The molecule has 1 aromatic heterocycles. The van der Waals surface area contributed by atoms with Gasteiger partial charge in [0.25, 0.3) is 5.91 Å². The number of hydrogen-bond donors (Lipinski definition) is 3. The van der Waals surface area contributed by atoms with E-state index < -0.39 is 35.1 Å². The second-order valence-electron chi connectivity index (χ2n) is 7.34. The van der Waals surface area contributed by atoms with Crippen LogP contribution in [0.3, 0.4) is 0 Å². The number of amides is 2. The van der Waals surface area contributed by atoms with Crippen LogP contribution in [0.1, 0.15) is 80.8 Å². The molecule has 0 bridgehead atoms. The molecule has 1 atom stereocenters. The molecule has 0 aliphatic heterocycles. The van der Waals surface area contributed by atoms with Gasteiger partial charge in [-0.25, -0.2) is 0 Å². The summed E-state index contributed by atoms with van der Waals surface area (Å²) in [5.74, 6) is -4.31. The van der Waals surface area contributed by atoms with E-state index in [0.29, 0.717) is 6.42 Å². The van der Waals surface area contributed by atoms with E-state index in [2.05, 4.69) is 0 Å². The summed E-state index contributed by atoms with van der Waals surface area (Å²) in [5.41, 5.74) is -0.944. The minimum absolute atomic E-state index is 0.217. The number of allylic oxidation sites excluding steroid dienone is 1. The molecule has 0 spiro atoms. The lowest BCUT2D eigenvalue weighted by molar-refractivity contribution is -0.143. The van der Waals surface area contributed by atoms with E-state index in [0.717, 1.165) is 50.9 Å². The average molecular weight is 435 g/mol. The Kier molecular flexibility index (Phi) is 11.6. The Morgan fingerprint density at radius 3 is 2.32 bits per heavy atom. The number of rotatable bonds is 14. The zero-order valence-electron chi connectivity index (χ0n) is 17.6. The van der Waals surface area contributed by atoms with Crippen LogP contribution in [-0.4, -0.2) is 34.0 Å². The zero-order chi connectivity index (χ0) is 23.2. The number of carboxylic acids is 2. The van der Waals surface area contributed by atoms with E-state index in [9.17, 15) is 24.0 Å². The Labute approximate surface area is 180 Å². The molecule has 170 valence electrons. The van der Waals surface area contributed by atoms with Gasteiger partial charge in [0.1, 0.15) is 17.6 Å². The van der Waals surface area contributed by atoms with E-state index in [1.165, 1.54) is 6.92 Å². The molecule has 0 unspecified atom stereocenters. The molecule has 1 rings (SSSR count). The van der Waals surface area contributed by atoms with Crippen LogP contribution in [0.25, 0.3) is 6.08 Å². The van der Waals surface area contributed by atoms with Crippen LogP contribution in [0.4, 0.5) is 0 Å². The summed E-state index contributed by atoms with van der Waals surface area (Å²) in [6.45, 7) is 1.34. The Hall–Kier alpha value is -3.23. The van der Waals surface area contributed by atoms with Crippen LogP contribution in [-0.2, 0) is 14.4 Å². The molecule has 0 aliphatic carbocycles. The first-order chi connectivity index (χ1) is 14.7. The van der Waals surface area contributed by atoms with Gasteiger partial charge in [-0.1, -0.05) is 38.7 Å². The van der Waals surface area contributed by atoms with Gasteiger partial charge >= 0.3 is 11.9 Å². The van der Waals surface area contributed by atoms with Gasteiger partial charge in [0.2, 0.25) is 5.91 Å². The number of imide groups is 1. The monoisotopic (exact) mass is 435 g/mol. The summed E-state index contributed by atoms with van der Waals surface area (Å²) in [4.78, 5) is 57.0. The number of unbranched alkanes of at least 4 members (excludes halogenated alkanes) is 6. The topological polar surface area (TPSA) is 151 Å². The third-order valence-corrected chi connectivity index (χ3v) is 4.56. The van der Waals surface area contributed by atoms with Crippen molar-refractivity contribution in [2.75, 3.05) is 0 Å². The lowest BCUT2D eigenvalue weighted by Gasteiger charge is -2.06. The zero-order valence-corrected chi connectivity index (χ0v) is 17.6. The third-order valence-electron chi connectivity index (χ3n) is 4.56. The molecule has 0 aliphatic rings. The normalized spacial score (nSPS) is 11.9. The van der Waals surface area contributed by atoms with Crippen LogP contribution in [0.15, 0.2) is 27.6 Å². The van der Waals surface area contributed by atoms with Gasteiger partial charge in [0.05, 0.1) is 5.92 Å². The van der Waals surface area contributed by atoms with Crippen molar-refractivity contribution in [1.29, 1.82) is 0 Å². The van der Waals surface area contributed by atoms with E-state index in [1.54, 1.807) is 6.08 Å². The first kappa shape index (κ1) is 25.8. The van der Waals surface area contributed by atoms with Gasteiger partial charge in [-0.05, 0) is 25.3 Å². The molecular weight excluding hydrogens is 406 g/mol. The smallest absolute Gasteiger partial charge is 0.306 e. The first-order valence-corrected chi connectivity index (χ1v) is 10.3. The predicted molar refractivity (Wildman–Crippen MR) is 112 cm³/mol. The third kappa shape index (κ3) is 10.9. The molecule has 0 aromatic carbocycles. The van der Waals surface area contributed by atoms with Gasteiger partial charge in [-0.2, -0.15) is 0 Å². The number of carboxylic acid groups (broad SMARTS) is 2. The Balaban J connectivity index is 2.38. The van der Waals surface area contributed by atoms with Crippen LogP contribution in [0.2, 0.25) is 0 Å². The molecule has 0 saturated carbocycles. The van der Waals surface area contributed by atoms with Gasteiger partial charge in [-0.15, -0.1) is 0 Å². The van der Waals surface area contributed by atoms with Crippen molar-refractivity contribution >= 4 is 29.8 Å². The molecule has 0 fully saturated rings. The highest BCUT2D eigenvalue weighted by Gasteiger charge is 2.19. The second-order valence-corrected chi connectivity index (χ2v) is 7.34. The second kappa shape index (κ2) is 13.9. The fourth-order valence-corrected chi connectivity index (χ4v) is 2.73. The molecular formula is C22H29NO8. The fraction of sp³-hybridized carbons (Fsp3) is 0.500. The van der Waals surface area contributed by atoms with Crippen LogP contribution < -0.4 is 10.7 Å². The van der Waals surface area contributed by atoms with Crippen molar-refractivity contribution < 1.29 is 33.8 Å². The molecule has 9 nitrogen and oxygen atoms in total. The van der Waals surface area contributed by atoms with Crippen molar-refractivity contribution in [3.63, 3.8) is 0 Å². The minimum Gasteiger partial charge on any atom is -0.481 e. The summed E-state index contributed by atoms with van der Waals surface area (Å²) >= 11 is 0. The van der Waals surface area contributed by atoms with E-state index >= 15 is 0 Å². The average Bonchev–Trinajstić information content (AvgIpc) is 2.68. The Bertz CT molecular complexity index is 855. The van der Waals surface area contributed by atoms with Crippen molar-refractivity contribution in [3.8, 4) is 0 Å². The number of hydrogen-bond acceptors (Lipinski definition) is 6. The SMILES string of the molecule is C[C@H](CC(=O)NC(=O)c1coc(/C=C/CCCCCCCCC(=O)O)cc1=O)C(=O)O. The number of nitrogens with one attached hydrogen (secondary N) is 1. The highest BCUT2D eigenvalue weighted by Crippen LogP contribution is 2.10. The molecule has 3 N–H and O–H groups in total. The number of carbonyl (C=O) groups is 4. The highest BCUT2D eigenvalue weighted by molar-refractivity contribution is 6.04. The largest absolute Gasteiger partial charge is 0.481 e. The van der Waals surface area contributed by atoms with E-state index in [-0.39, 0.29) is 24.2 Å². The standard InChI is InChI=1S/C22H29NO8/c1-15(22(29)30)12-19(25)23-21(28)17-14-31-16(13-18(17)24)10-8-6-4-2-3-5-7-9-11-20(26)27/h8,10,13-15H,2-7,9,11-12H2,1H3,(H,26,27)(H,29,30)(H,23,25,28)/b10-8+/t15-/m1/s1. The van der Waals surface area contributed by atoms with Gasteiger partial charge in [0.15, 0.2) is 5.43 Å². The quantitative estimate of drug-likeness (QED) is 0.377. The Morgan fingerprint density at radius 2 is 1.71 bits per heavy atom. The molecule has 2 amide bonds. The first-order valence-electron chi connectivity index (χ1n) is 10.3. The minimum atomic E-state index is -1.16. The number of aliphatic carboxylic acids is 2. The maximum atomic E-state index is 12.1. The molecule has 1 aromatic rings. The maximum Gasteiger partial charge on any atom is 0.306 e. The van der Waals surface area contributed by atoms with E-state index in [1.807, 2.05) is 11.4 Å². The Morgan fingerprint density at radius 1 is 1.06 bits per heavy atom. The number of carbonyl (C=O) groups excluding carboxylic acids is 2. The van der Waals surface area contributed by atoms with Crippen LogP contribution in [0, 0.1) is 5.92 Å². The lowest BCUT2D eigenvalue weighted by atomic mass is 10.1. The summed E-state index contributed by atoms with van der Waals surface area (Å²) in [6, 6.07) is 1.15. The van der Waals surface area contributed by atoms with Crippen molar-refractivity contribution in [2.24, 2.45) is 5.92 Å². The van der Waals surface area contributed by atoms with Crippen molar-refractivity contribution in [1.82, 2.24) is 5.32 Å². The maximum absolute atomic E-state index is 12.1. The van der Waals surface area contributed by atoms with Crippen molar-refractivity contribution in [2.45, 2.75) is 64.7 Å². The summed E-state index contributed by atoms with van der Waals surface area (Å²) < 4.78 is 5.25. The highest BCUT2D eigenvalue weighted by atomic mass is 16.4. The van der Waals surface area contributed by atoms with Crippen LogP contribution >= 0.6 is 0 Å². The van der Waals surface area contributed by atoms with Crippen LogP contribution in [0.5, 0.6) is 0 Å². The molecule has 0 saturated heterocycles. The van der Waals surface area contributed by atoms with Crippen molar-refractivity contribution in [3.05, 3.63) is 40.0 Å². The molecule has 0 radical (unpaired) electrons. The van der Waals surface area contributed by atoms with Gasteiger partial charge in [0, 0.05) is 18.9 Å². The summed E-state index contributed by atoms with van der Waals surface area (Å²) in [7, 11) is 0. The van der Waals surface area contributed by atoms with Gasteiger partial charge < -0.3 is 14.6 Å². The summed E-state index contributed by atoms with van der Waals surface area (Å²) in [5, 5.41) is 19.3.